The number of nitro groups is 1. The number of imidazole rings is 1. The Bertz CT molecular complexity index is 1130. The molecule has 0 aliphatic rings. The first kappa shape index (κ1) is 17.6. The third-order valence-electron chi connectivity index (χ3n) is 4.09. The van der Waals surface area contributed by atoms with Crippen molar-refractivity contribution in [1.82, 2.24) is 19.3 Å². The molecule has 2 aromatic heterocycles. The zero-order valence-electron chi connectivity index (χ0n) is 13.9. The Kier molecular flexibility index (Phi) is 4.44. The number of fused-ring (bicyclic) bond motifs is 1. The lowest BCUT2D eigenvalue weighted by Gasteiger charge is -2.12. The van der Waals surface area contributed by atoms with Gasteiger partial charge in [0.25, 0.3) is 0 Å². The van der Waals surface area contributed by atoms with E-state index in [0.29, 0.717) is 5.52 Å². The summed E-state index contributed by atoms with van der Waals surface area (Å²) in [5.74, 6) is -1.60. The molecule has 0 radical (unpaired) electrons. The molecule has 0 aliphatic carbocycles. The normalized spacial score (nSPS) is 12.1. The Morgan fingerprint density at radius 3 is 2.69 bits per heavy atom. The van der Waals surface area contributed by atoms with Crippen LogP contribution in [-0.2, 0) is 13.6 Å². The van der Waals surface area contributed by atoms with E-state index in [1.54, 1.807) is 30.7 Å². The maximum atomic E-state index is 12.3. The third-order valence-corrected chi connectivity index (χ3v) is 4.45. The summed E-state index contributed by atoms with van der Waals surface area (Å²) < 4.78 is 2.54. The topological polar surface area (TPSA) is 120 Å². The molecule has 0 saturated carbocycles. The van der Waals surface area contributed by atoms with Gasteiger partial charge in [-0.1, -0.05) is 23.7 Å². The van der Waals surface area contributed by atoms with E-state index in [1.165, 1.54) is 0 Å². The smallest absolute Gasteiger partial charge is 0.358 e. The van der Waals surface area contributed by atoms with Gasteiger partial charge >= 0.3 is 11.4 Å². The first-order valence-corrected chi connectivity index (χ1v) is 8.04. The van der Waals surface area contributed by atoms with E-state index in [2.05, 4.69) is 10.1 Å². The molecule has 0 saturated heterocycles. The number of rotatable bonds is 4. The second-order valence-corrected chi connectivity index (χ2v) is 5.89. The number of halogens is 1. The maximum absolute atomic E-state index is 12.3. The molecule has 10 heteroatoms. The standard InChI is InChI=1S/C16H13ClN6O3/c1-3-22-16(24)13(17)12(15(20-22)23(25)26)9(8-18)14-19-10-6-4-5-7-11(10)21(14)2/h4-7,9H,3H2,1-2H3/t9-/m0/s1. The van der Waals surface area contributed by atoms with Crippen molar-refractivity contribution in [2.24, 2.45) is 7.05 Å². The van der Waals surface area contributed by atoms with Gasteiger partial charge in [0.05, 0.1) is 28.7 Å². The van der Waals surface area contributed by atoms with E-state index >= 15 is 0 Å². The van der Waals surface area contributed by atoms with Crippen LogP contribution in [0.1, 0.15) is 24.2 Å². The van der Waals surface area contributed by atoms with Crippen LogP contribution in [0.15, 0.2) is 29.1 Å². The van der Waals surface area contributed by atoms with Gasteiger partial charge in [0.2, 0.25) is 0 Å². The van der Waals surface area contributed by atoms with Gasteiger partial charge in [0, 0.05) is 7.05 Å². The molecule has 1 atom stereocenters. The lowest BCUT2D eigenvalue weighted by Crippen LogP contribution is -2.26. The van der Waals surface area contributed by atoms with Gasteiger partial charge in [0.1, 0.15) is 22.3 Å². The van der Waals surface area contributed by atoms with Crippen molar-refractivity contribution in [1.29, 1.82) is 5.26 Å². The molecule has 132 valence electrons. The van der Waals surface area contributed by atoms with Crippen LogP contribution < -0.4 is 5.56 Å². The number of benzene rings is 1. The fraction of sp³-hybridized carbons (Fsp3) is 0.250. The van der Waals surface area contributed by atoms with Crippen LogP contribution in [0.5, 0.6) is 0 Å². The average Bonchev–Trinajstić information content (AvgIpc) is 2.96. The third kappa shape index (κ3) is 2.60. The number of aromatic nitrogens is 4. The molecule has 0 bridgehead atoms. The van der Waals surface area contributed by atoms with Gasteiger partial charge in [0.15, 0.2) is 0 Å². The fourth-order valence-corrected chi connectivity index (χ4v) is 3.11. The van der Waals surface area contributed by atoms with Gasteiger partial charge in [-0.25, -0.2) is 4.98 Å². The van der Waals surface area contributed by atoms with Crippen LogP contribution >= 0.6 is 11.6 Å². The van der Waals surface area contributed by atoms with Crippen molar-refractivity contribution < 1.29 is 4.92 Å². The summed E-state index contributed by atoms with van der Waals surface area (Å²) in [6, 6.07) is 9.15. The monoisotopic (exact) mass is 372 g/mol. The summed E-state index contributed by atoms with van der Waals surface area (Å²) in [6.07, 6.45) is 0. The fourth-order valence-electron chi connectivity index (χ4n) is 2.82. The number of hydrogen-bond acceptors (Lipinski definition) is 6. The van der Waals surface area contributed by atoms with Crippen molar-refractivity contribution >= 4 is 28.5 Å². The Morgan fingerprint density at radius 2 is 2.12 bits per heavy atom. The molecule has 0 amide bonds. The summed E-state index contributed by atoms with van der Waals surface area (Å²) in [4.78, 5) is 27.5. The van der Waals surface area contributed by atoms with Crippen LogP contribution in [0.2, 0.25) is 5.02 Å². The number of aryl methyl sites for hydroxylation is 2. The minimum Gasteiger partial charge on any atom is -0.358 e. The number of nitriles is 1. The predicted molar refractivity (Wildman–Crippen MR) is 94.0 cm³/mol. The van der Waals surface area contributed by atoms with Crippen molar-refractivity contribution in [3.63, 3.8) is 0 Å². The first-order chi connectivity index (χ1) is 12.4. The second kappa shape index (κ2) is 6.57. The molecular formula is C16H13ClN6O3. The molecule has 3 rings (SSSR count). The molecule has 0 N–H and O–H groups in total. The quantitative estimate of drug-likeness (QED) is 0.512. The highest BCUT2D eigenvalue weighted by Gasteiger charge is 2.34. The van der Waals surface area contributed by atoms with E-state index in [1.807, 2.05) is 18.2 Å². The molecule has 26 heavy (non-hydrogen) atoms. The largest absolute Gasteiger partial charge is 0.395 e. The Hall–Kier alpha value is -3.25. The molecular weight excluding hydrogens is 360 g/mol. The van der Waals surface area contributed by atoms with E-state index in [-0.39, 0.29) is 17.9 Å². The van der Waals surface area contributed by atoms with Gasteiger partial charge in [-0.2, -0.15) is 5.26 Å². The predicted octanol–water partition coefficient (Wildman–Crippen LogP) is 2.37. The van der Waals surface area contributed by atoms with E-state index in [4.69, 9.17) is 11.6 Å². The van der Waals surface area contributed by atoms with E-state index in [9.17, 15) is 20.2 Å². The SMILES string of the molecule is CCn1nc([N+](=O)[O-])c([C@H](C#N)c2nc3ccccc3n2C)c(Cl)c1=O. The van der Waals surface area contributed by atoms with E-state index in [0.717, 1.165) is 10.2 Å². The molecule has 1 aromatic carbocycles. The lowest BCUT2D eigenvalue weighted by molar-refractivity contribution is -0.391. The molecule has 0 spiro atoms. The molecule has 0 unspecified atom stereocenters. The summed E-state index contributed by atoms with van der Waals surface area (Å²) in [6.45, 7) is 1.73. The molecule has 0 fully saturated rings. The summed E-state index contributed by atoms with van der Waals surface area (Å²) >= 11 is 6.13. The summed E-state index contributed by atoms with van der Waals surface area (Å²) in [5, 5.41) is 24.6. The van der Waals surface area contributed by atoms with Gasteiger partial charge < -0.3 is 14.7 Å². The Balaban J connectivity index is 2.34. The number of nitrogens with zero attached hydrogens (tertiary/aromatic N) is 6. The van der Waals surface area contributed by atoms with Gasteiger partial charge in [-0.3, -0.25) is 4.79 Å². The van der Waals surface area contributed by atoms with Crippen molar-refractivity contribution in [3.05, 3.63) is 61.1 Å². The molecule has 9 nitrogen and oxygen atoms in total. The highest BCUT2D eigenvalue weighted by atomic mass is 35.5. The van der Waals surface area contributed by atoms with Crippen LogP contribution in [0.25, 0.3) is 11.0 Å². The highest BCUT2D eigenvalue weighted by Crippen LogP contribution is 2.34. The summed E-state index contributed by atoms with van der Waals surface area (Å²) in [5.41, 5.74) is 0.441. The van der Waals surface area contributed by atoms with Crippen LogP contribution in [0, 0.1) is 21.4 Å². The van der Waals surface area contributed by atoms with E-state index < -0.39 is 27.2 Å². The Morgan fingerprint density at radius 1 is 1.42 bits per heavy atom. The zero-order chi connectivity index (χ0) is 19.0. The number of para-hydroxylation sites is 2. The van der Waals surface area contributed by atoms with Crippen LogP contribution in [-0.4, -0.2) is 24.3 Å². The van der Waals surface area contributed by atoms with Gasteiger partial charge in [-0.15, -0.1) is 4.68 Å². The molecule has 2 heterocycles. The molecule has 3 aromatic rings. The van der Waals surface area contributed by atoms with Crippen molar-refractivity contribution in [3.8, 4) is 6.07 Å². The first-order valence-electron chi connectivity index (χ1n) is 7.66. The molecule has 0 aliphatic heterocycles. The minimum absolute atomic E-state index is 0.114. The van der Waals surface area contributed by atoms with Crippen LogP contribution in [0.4, 0.5) is 5.82 Å². The maximum Gasteiger partial charge on any atom is 0.395 e. The average molecular weight is 373 g/mol. The lowest BCUT2D eigenvalue weighted by atomic mass is 10.0. The summed E-state index contributed by atoms with van der Waals surface area (Å²) in [7, 11) is 1.69. The van der Waals surface area contributed by atoms with Crippen molar-refractivity contribution in [2.45, 2.75) is 19.4 Å². The highest BCUT2D eigenvalue weighted by molar-refractivity contribution is 6.31. The minimum atomic E-state index is -1.22. The van der Waals surface area contributed by atoms with Gasteiger partial charge in [-0.05, 0) is 24.0 Å². The van der Waals surface area contributed by atoms with Crippen LogP contribution in [0.3, 0.4) is 0 Å². The number of hydrogen-bond donors (Lipinski definition) is 0. The van der Waals surface area contributed by atoms with Crippen molar-refractivity contribution in [2.75, 3.05) is 0 Å². The Labute approximate surface area is 152 Å². The second-order valence-electron chi connectivity index (χ2n) is 5.51. The zero-order valence-corrected chi connectivity index (χ0v) is 14.6.